The molecule has 0 unspecified atom stereocenters. The Morgan fingerprint density at radius 3 is 2.04 bits per heavy atom. The zero-order valence-electron chi connectivity index (χ0n) is 25.5. The van der Waals surface area contributed by atoms with Gasteiger partial charge in [0.05, 0.1) is 41.2 Å². The minimum Gasteiger partial charge on any atom is -0.497 e. The largest absolute Gasteiger partial charge is 0.497 e. The lowest BCUT2D eigenvalue weighted by atomic mass is 10.1. The summed E-state index contributed by atoms with van der Waals surface area (Å²) in [6, 6.07) is 28.0. The Bertz CT molecular complexity index is 1830. The molecule has 0 bridgehead atoms. The molecule has 1 amide bonds. The number of benzene rings is 4. The van der Waals surface area contributed by atoms with Gasteiger partial charge < -0.3 is 14.8 Å². The summed E-state index contributed by atoms with van der Waals surface area (Å²) in [6.07, 6.45) is 2.76. The van der Waals surface area contributed by atoms with Crippen molar-refractivity contribution in [2.75, 3.05) is 37.7 Å². The molecule has 5 rings (SSSR count). The van der Waals surface area contributed by atoms with Crippen molar-refractivity contribution in [1.82, 2.24) is 9.62 Å². The molecule has 0 spiro atoms. The van der Waals surface area contributed by atoms with Crippen LogP contribution in [-0.2, 0) is 26.6 Å². The van der Waals surface area contributed by atoms with Crippen molar-refractivity contribution in [3.05, 3.63) is 114 Å². The van der Waals surface area contributed by atoms with Gasteiger partial charge in [-0.15, -0.1) is 0 Å². The summed E-state index contributed by atoms with van der Waals surface area (Å²) < 4.78 is 67.5. The van der Waals surface area contributed by atoms with Crippen LogP contribution in [0.1, 0.15) is 35.2 Å². The normalized spacial score (nSPS) is 13.9. The van der Waals surface area contributed by atoms with E-state index in [0.717, 1.165) is 24.8 Å². The molecule has 0 saturated carbocycles. The standard InChI is InChI=1S/C34H37N3O7S2/c1-43-28-14-18-31(19-15-28)46(41,42)37(26-27-10-4-2-5-11-27)33-13-7-6-12-32(33)34(38)35-22-25-44-29-16-20-30(21-17-29)45(39,40)36-23-8-3-9-24-36/h2,4-7,10-21H,3,8-9,22-26H2,1H3,(H,35,38). The number of carbonyl (C=O) groups excluding carboxylic acids is 1. The van der Waals surface area contributed by atoms with E-state index in [1.165, 1.54) is 40.0 Å². The van der Waals surface area contributed by atoms with E-state index >= 15 is 0 Å². The van der Waals surface area contributed by atoms with Gasteiger partial charge in [-0.05, 0) is 79.1 Å². The van der Waals surface area contributed by atoms with Crippen LogP contribution in [0.5, 0.6) is 11.5 Å². The van der Waals surface area contributed by atoms with E-state index in [1.807, 2.05) is 30.3 Å². The SMILES string of the molecule is COc1ccc(S(=O)(=O)N(Cc2ccccc2)c2ccccc2C(=O)NCCOc2ccc(S(=O)(=O)N3CCCCC3)cc2)cc1. The van der Waals surface area contributed by atoms with Crippen molar-refractivity contribution in [3.63, 3.8) is 0 Å². The number of ether oxygens (including phenoxy) is 2. The van der Waals surface area contributed by atoms with Crippen molar-refractivity contribution in [2.45, 2.75) is 35.6 Å². The number of anilines is 1. The summed E-state index contributed by atoms with van der Waals surface area (Å²) in [4.78, 5) is 13.7. The fourth-order valence-electron chi connectivity index (χ4n) is 5.20. The highest BCUT2D eigenvalue weighted by molar-refractivity contribution is 7.92. The van der Waals surface area contributed by atoms with Crippen LogP contribution in [0.3, 0.4) is 0 Å². The predicted octanol–water partition coefficient (Wildman–Crippen LogP) is 5.07. The molecule has 242 valence electrons. The molecule has 1 heterocycles. The van der Waals surface area contributed by atoms with Crippen LogP contribution in [0.4, 0.5) is 5.69 Å². The summed E-state index contributed by atoms with van der Waals surface area (Å²) in [7, 11) is -6.12. The Morgan fingerprint density at radius 2 is 1.37 bits per heavy atom. The summed E-state index contributed by atoms with van der Waals surface area (Å²) in [5, 5.41) is 2.81. The lowest BCUT2D eigenvalue weighted by molar-refractivity contribution is 0.0947. The van der Waals surface area contributed by atoms with E-state index in [4.69, 9.17) is 9.47 Å². The molecule has 0 radical (unpaired) electrons. The topological polar surface area (TPSA) is 122 Å². The number of hydrogen-bond donors (Lipinski definition) is 1. The summed E-state index contributed by atoms with van der Waals surface area (Å²) in [6.45, 7) is 1.31. The van der Waals surface area contributed by atoms with Gasteiger partial charge in [-0.3, -0.25) is 9.10 Å². The average molecular weight is 664 g/mol. The maximum atomic E-state index is 14.0. The van der Waals surface area contributed by atoms with E-state index in [9.17, 15) is 21.6 Å². The Balaban J connectivity index is 1.28. The number of rotatable bonds is 13. The van der Waals surface area contributed by atoms with Crippen molar-refractivity contribution in [2.24, 2.45) is 0 Å². The molecule has 1 N–H and O–H groups in total. The van der Waals surface area contributed by atoms with Crippen LogP contribution < -0.4 is 19.1 Å². The van der Waals surface area contributed by atoms with Crippen LogP contribution >= 0.6 is 0 Å². The second-order valence-electron chi connectivity index (χ2n) is 10.7. The number of nitrogens with one attached hydrogen (secondary N) is 1. The van der Waals surface area contributed by atoms with Crippen LogP contribution in [-0.4, -0.2) is 60.4 Å². The summed E-state index contributed by atoms with van der Waals surface area (Å²) >= 11 is 0. The second-order valence-corrected chi connectivity index (χ2v) is 14.5. The van der Waals surface area contributed by atoms with Crippen LogP contribution in [0, 0.1) is 0 Å². The fraction of sp³-hybridized carbons (Fsp3) is 0.265. The van der Waals surface area contributed by atoms with Gasteiger partial charge in [0.1, 0.15) is 18.1 Å². The predicted molar refractivity (Wildman–Crippen MR) is 176 cm³/mol. The Labute approximate surface area is 270 Å². The first-order chi connectivity index (χ1) is 22.2. The number of piperidine rings is 1. The van der Waals surface area contributed by atoms with Crippen molar-refractivity contribution >= 4 is 31.6 Å². The first-order valence-corrected chi connectivity index (χ1v) is 17.9. The minimum absolute atomic E-state index is 0.00603. The maximum Gasteiger partial charge on any atom is 0.264 e. The average Bonchev–Trinajstić information content (AvgIpc) is 3.10. The maximum absolute atomic E-state index is 14.0. The third-order valence-corrected chi connectivity index (χ3v) is 11.4. The Morgan fingerprint density at radius 1 is 0.761 bits per heavy atom. The third kappa shape index (κ3) is 7.69. The molecule has 10 nitrogen and oxygen atoms in total. The molecule has 1 saturated heterocycles. The summed E-state index contributed by atoms with van der Waals surface area (Å²) in [5.41, 5.74) is 1.16. The lowest BCUT2D eigenvalue weighted by Crippen LogP contribution is -2.35. The monoisotopic (exact) mass is 663 g/mol. The molecule has 0 aliphatic carbocycles. The molecule has 1 fully saturated rings. The number of sulfonamides is 2. The molecule has 0 atom stereocenters. The van der Waals surface area contributed by atoms with Crippen LogP contribution in [0.2, 0.25) is 0 Å². The number of para-hydroxylation sites is 1. The molecule has 0 aromatic heterocycles. The molecule has 46 heavy (non-hydrogen) atoms. The molecule has 1 aliphatic rings. The minimum atomic E-state index is -4.09. The van der Waals surface area contributed by atoms with Gasteiger partial charge in [0, 0.05) is 13.1 Å². The van der Waals surface area contributed by atoms with Gasteiger partial charge in [0.25, 0.3) is 15.9 Å². The zero-order valence-corrected chi connectivity index (χ0v) is 27.2. The van der Waals surface area contributed by atoms with Crippen molar-refractivity contribution < 1.29 is 31.1 Å². The number of hydrogen-bond acceptors (Lipinski definition) is 7. The number of nitrogens with zero attached hydrogens (tertiary/aromatic N) is 2. The summed E-state index contributed by atoms with van der Waals surface area (Å²) in [5.74, 6) is 0.519. The highest BCUT2D eigenvalue weighted by atomic mass is 32.2. The highest BCUT2D eigenvalue weighted by Crippen LogP contribution is 2.30. The zero-order chi connectivity index (χ0) is 32.6. The first-order valence-electron chi connectivity index (χ1n) is 15.0. The molecule has 12 heteroatoms. The van der Waals surface area contributed by atoms with E-state index in [2.05, 4.69) is 5.32 Å². The highest BCUT2D eigenvalue weighted by Gasteiger charge is 2.29. The quantitative estimate of drug-likeness (QED) is 0.198. The fourth-order valence-corrected chi connectivity index (χ4v) is 8.19. The first kappa shape index (κ1) is 33.0. The molecule has 4 aromatic rings. The van der Waals surface area contributed by atoms with E-state index in [0.29, 0.717) is 24.6 Å². The van der Waals surface area contributed by atoms with Gasteiger partial charge in [-0.25, -0.2) is 16.8 Å². The van der Waals surface area contributed by atoms with Gasteiger partial charge >= 0.3 is 0 Å². The van der Waals surface area contributed by atoms with E-state index in [-0.39, 0.29) is 40.7 Å². The van der Waals surface area contributed by atoms with Gasteiger partial charge in [-0.1, -0.05) is 48.9 Å². The Kier molecular flexibility index (Phi) is 10.6. The molecule has 4 aromatic carbocycles. The van der Waals surface area contributed by atoms with Crippen LogP contribution in [0.15, 0.2) is 113 Å². The van der Waals surface area contributed by atoms with Crippen LogP contribution in [0.25, 0.3) is 0 Å². The van der Waals surface area contributed by atoms with Crippen molar-refractivity contribution in [1.29, 1.82) is 0 Å². The molecular formula is C34H37N3O7S2. The number of carbonyl (C=O) groups is 1. The smallest absolute Gasteiger partial charge is 0.264 e. The van der Waals surface area contributed by atoms with E-state index in [1.54, 1.807) is 48.5 Å². The van der Waals surface area contributed by atoms with Gasteiger partial charge in [0.15, 0.2) is 0 Å². The molecule has 1 aliphatic heterocycles. The Hall–Kier alpha value is -4.39. The third-order valence-electron chi connectivity index (χ3n) is 7.67. The molecular weight excluding hydrogens is 627 g/mol. The van der Waals surface area contributed by atoms with Crippen molar-refractivity contribution in [3.8, 4) is 11.5 Å². The van der Waals surface area contributed by atoms with Gasteiger partial charge in [0.2, 0.25) is 10.0 Å². The van der Waals surface area contributed by atoms with Gasteiger partial charge in [-0.2, -0.15) is 4.31 Å². The van der Waals surface area contributed by atoms with E-state index < -0.39 is 26.0 Å². The second kappa shape index (κ2) is 14.8. The number of methoxy groups -OCH3 is 1. The number of amides is 1. The lowest BCUT2D eigenvalue weighted by Gasteiger charge is -2.26.